The summed E-state index contributed by atoms with van der Waals surface area (Å²) in [6.07, 6.45) is 5.11. The molecule has 19 heavy (non-hydrogen) atoms. The number of hydrogen-bond acceptors (Lipinski definition) is 3. The zero-order valence-electron chi connectivity index (χ0n) is 12.2. The van der Waals surface area contributed by atoms with Crippen LogP contribution in [0, 0.1) is 0 Å². The van der Waals surface area contributed by atoms with E-state index in [0.717, 1.165) is 18.0 Å². The van der Waals surface area contributed by atoms with Crippen molar-refractivity contribution in [2.45, 2.75) is 44.6 Å². The van der Waals surface area contributed by atoms with Gasteiger partial charge in [-0.1, -0.05) is 19.4 Å². The van der Waals surface area contributed by atoms with E-state index in [9.17, 15) is 0 Å². The summed E-state index contributed by atoms with van der Waals surface area (Å²) in [7, 11) is 3.38. The smallest absolute Gasteiger partial charge is 0.160 e. The Morgan fingerprint density at radius 1 is 1.16 bits per heavy atom. The van der Waals surface area contributed by atoms with E-state index in [1.165, 1.54) is 31.2 Å². The van der Waals surface area contributed by atoms with E-state index in [2.05, 4.69) is 24.4 Å². The Morgan fingerprint density at radius 2 is 1.95 bits per heavy atom. The van der Waals surface area contributed by atoms with E-state index in [4.69, 9.17) is 9.47 Å². The van der Waals surface area contributed by atoms with Gasteiger partial charge in [0.15, 0.2) is 11.5 Å². The van der Waals surface area contributed by atoms with Crippen LogP contribution in [-0.2, 0) is 0 Å². The molecule has 0 heterocycles. The summed E-state index contributed by atoms with van der Waals surface area (Å²) < 4.78 is 10.7. The SMILES string of the molecule is CCNC1CCCC(c2ccc(OC)c(OC)c2)C1. The van der Waals surface area contributed by atoms with Crippen LogP contribution in [0.15, 0.2) is 18.2 Å². The third-order valence-corrected chi connectivity index (χ3v) is 4.05. The molecule has 1 saturated carbocycles. The molecule has 3 heteroatoms. The van der Waals surface area contributed by atoms with Gasteiger partial charge in [-0.3, -0.25) is 0 Å². The molecule has 2 atom stereocenters. The minimum atomic E-state index is 0.637. The molecule has 1 aliphatic rings. The van der Waals surface area contributed by atoms with Gasteiger partial charge in [-0.05, 0) is 49.4 Å². The van der Waals surface area contributed by atoms with E-state index >= 15 is 0 Å². The van der Waals surface area contributed by atoms with Gasteiger partial charge in [-0.15, -0.1) is 0 Å². The number of benzene rings is 1. The molecule has 1 aromatic rings. The molecule has 1 aliphatic carbocycles. The number of methoxy groups -OCH3 is 2. The molecule has 1 aromatic carbocycles. The van der Waals surface area contributed by atoms with E-state index < -0.39 is 0 Å². The molecule has 3 nitrogen and oxygen atoms in total. The number of rotatable bonds is 5. The van der Waals surface area contributed by atoms with Gasteiger partial charge >= 0.3 is 0 Å². The largest absolute Gasteiger partial charge is 0.493 e. The van der Waals surface area contributed by atoms with Crippen molar-refractivity contribution in [3.05, 3.63) is 23.8 Å². The van der Waals surface area contributed by atoms with Gasteiger partial charge in [0.2, 0.25) is 0 Å². The summed E-state index contributed by atoms with van der Waals surface area (Å²) in [6, 6.07) is 7.00. The third kappa shape index (κ3) is 3.41. The highest BCUT2D eigenvalue weighted by molar-refractivity contribution is 5.44. The molecule has 0 spiro atoms. The topological polar surface area (TPSA) is 30.5 Å². The van der Waals surface area contributed by atoms with Crippen LogP contribution in [-0.4, -0.2) is 26.8 Å². The number of hydrogen-bond donors (Lipinski definition) is 1. The highest BCUT2D eigenvalue weighted by Gasteiger charge is 2.23. The van der Waals surface area contributed by atoms with Gasteiger partial charge in [0.1, 0.15) is 0 Å². The maximum atomic E-state index is 5.40. The van der Waals surface area contributed by atoms with Crippen LogP contribution in [0.25, 0.3) is 0 Å². The Labute approximate surface area is 116 Å². The second-order valence-corrected chi connectivity index (χ2v) is 5.23. The van der Waals surface area contributed by atoms with Gasteiger partial charge < -0.3 is 14.8 Å². The first-order valence-corrected chi connectivity index (χ1v) is 7.23. The Kier molecular flexibility index (Phi) is 5.08. The minimum Gasteiger partial charge on any atom is -0.493 e. The number of ether oxygens (including phenoxy) is 2. The summed E-state index contributed by atoms with van der Waals surface area (Å²) >= 11 is 0. The van der Waals surface area contributed by atoms with Gasteiger partial charge in [-0.25, -0.2) is 0 Å². The van der Waals surface area contributed by atoms with Crippen LogP contribution >= 0.6 is 0 Å². The lowest BCUT2D eigenvalue weighted by Crippen LogP contribution is -2.33. The summed E-state index contributed by atoms with van der Waals surface area (Å²) in [5, 5.41) is 3.58. The van der Waals surface area contributed by atoms with Crippen LogP contribution in [0.2, 0.25) is 0 Å². The average Bonchev–Trinajstić information content (AvgIpc) is 2.47. The van der Waals surface area contributed by atoms with Crippen molar-refractivity contribution in [1.29, 1.82) is 0 Å². The minimum absolute atomic E-state index is 0.637. The van der Waals surface area contributed by atoms with E-state index in [0.29, 0.717) is 12.0 Å². The predicted molar refractivity (Wildman–Crippen MR) is 78.2 cm³/mol. The maximum Gasteiger partial charge on any atom is 0.160 e. The molecule has 0 saturated heterocycles. The monoisotopic (exact) mass is 263 g/mol. The summed E-state index contributed by atoms with van der Waals surface area (Å²) in [4.78, 5) is 0. The zero-order valence-corrected chi connectivity index (χ0v) is 12.2. The predicted octanol–water partition coefficient (Wildman–Crippen LogP) is 3.34. The molecular weight excluding hydrogens is 238 g/mol. The van der Waals surface area contributed by atoms with Crippen LogP contribution in [0.1, 0.15) is 44.1 Å². The lowest BCUT2D eigenvalue weighted by Gasteiger charge is -2.30. The summed E-state index contributed by atoms with van der Waals surface area (Å²) in [5.74, 6) is 2.29. The molecule has 0 aliphatic heterocycles. The van der Waals surface area contributed by atoms with Crippen molar-refractivity contribution >= 4 is 0 Å². The molecule has 0 radical (unpaired) electrons. The molecule has 2 rings (SSSR count). The van der Waals surface area contributed by atoms with E-state index in [1.54, 1.807) is 14.2 Å². The Hall–Kier alpha value is -1.22. The normalized spacial score (nSPS) is 23.1. The first-order chi connectivity index (χ1) is 9.28. The highest BCUT2D eigenvalue weighted by atomic mass is 16.5. The quantitative estimate of drug-likeness (QED) is 0.884. The first kappa shape index (κ1) is 14.2. The average molecular weight is 263 g/mol. The van der Waals surface area contributed by atoms with Crippen molar-refractivity contribution in [2.24, 2.45) is 0 Å². The van der Waals surface area contributed by atoms with Crippen LogP contribution < -0.4 is 14.8 Å². The molecule has 0 amide bonds. The molecule has 1 fully saturated rings. The van der Waals surface area contributed by atoms with Crippen LogP contribution in [0.4, 0.5) is 0 Å². The van der Waals surface area contributed by atoms with Crippen molar-refractivity contribution in [3.63, 3.8) is 0 Å². The molecular formula is C16H25NO2. The fourth-order valence-corrected chi connectivity index (χ4v) is 3.07. The van der Waals surface area contributed by atoms with Gasteiger partial charge in [0, 0.05) is 6.04 Å². The van der Waals surface area contributed by atoms with Gasteiger partial charge in [0.25, 0.3) is 0 Å². The van der Waals surface area contributed by atoms with Crippen molar-refractivity contribution in [2.75, 3.05) is 20.8 Å². The van der Waals surface area contributed by atoms with Crippen molar-refractivity contribution in [3.8, 4) is 11.5 Å². The molecule has 106 valence electrons. The Morgan fingerprint density at radius 3 is 2.63 bits per heavy atom. The second-order valence-electron chi connectivity index (χ2n) is 5.23. The number of nitrogens with one attached hydrogen (secondary N) is 1. The van der Waals surface area contributed by atoms with Crippen molar-refractivity contribution < 1.29 is 9.47 Å². The molecule has 0 aromatic heterocycles. The zero-order chi connectivity index (χ0) is 13.7. The second kappa shape index (κ2) is 6.80. The first-order valence-electron chi connectivity index (χ1n) is 7.23. The van der Waals surface area contributed by atoms with Crippen LogP contribution in [0.5, 0.6) is 11.5 Å². The van der Waals surface area contributed by atoms with E-state index in [1.807, 2.05) is 6.07 Å². The lowest BCUT2D eigenvalue weighted by atomic mass is 9.81. The third-order valence-electron chi connectivity index (χ3n) is 4.05. The fraction of sp³-hybridized carbons (Fsp3) is 0.625. The highest BCUT2D eigenvalue weighted by Crippen LogP contribution is 2.37. The van der Waals surface area contributed by atoms with Crippen LogP contribution in [0.3, 0.4) is 0 Å². The maximum absolute atomic E-state index is 5.40. The standard InChI is InChI=1S/C16H25NO2/c1-4-17-14-7-5-6-12(10-14)13-8-9-15(18-2)16(11-13)19-3/h8-9,11-12,14,17H,4-7,10H2,1-3H3. The lowest BCUT2D eigenvalue weighted by molar-refractivity contribution is 0.338. The Balaban J connectivity index is 2.12. The van der Waals surface area contributed by atoms with Crippen molar-refractivity contribution in [1.82, 2.24) is 5.32 Å². The summed E-state index contributed by atoms with van der Waals surface area (Å²) in [6.45, 7) is 3.24. The van der Waals surface area contributed by atoms with Gasteiger partial charge in [-0.2, -0.15) is 0 Å². The summed E-state index contributed by atoms with van der Waals surface area (Å²) in [5.41, 5.74) is 1.38. The molecule has 2 unspecified atom stereocenters. The Bertz CT molecular complexity index is 404. The molecule has 1 N–H and O–H groups in total. The molecule has 0 bridgehead atoms. The van der Waals surface area contributed by atoms with E-state index in [-0.39, 0.29) is 0 Å². The van der Waals surface area contributed by atoms with Gasteiger partial charge in [0.05, 0.1) is 14.2 Å². The fourth-order valence-electron chi connectivity index (χ4n) is 3.07.